The molecule has 104 valence electrons. The zero-order valence-electron chi connectivity index (χ0n) is 10.2. The van der Waals surface area contributed by atoms with Crippen molar-refractivity contribution in [2.45, 2.75) is 6.92 Å². The van der Waals surface area contributed by atoms with Crippen molar-refractivity contribution in [3.05, 3.63) is 58.7 Å². The number of hydrogen-bond acceptors (Lipinski definition) is 0. The smallest absolute Gasteiger partial charge is 0.207 e. The van der Waals surface area contributed by atoms with Gasteiger partial charge < -0.3 is 0 Å². The Morgan fingerprint density at radius 2 is 1.20 bits per heavy atom. The third-order valence-electron chi connectivity index (χ3n) is 2.95. The van der Waals surface area contributed by atoms with Gasteiger partial charge in [0.25, 0.3) is 0 Å². The Morgan fingerprint density at radius 1 is 0.700 bits per heavy atom. The van der Waals surface area contributed by atoms with E-state index in [4.69, 9.17) is 0 Å². The van der Waals surface area contributed by atoms with Crippen LogP contribution in [0.2, 0.25) is 0 Å². The number of halogens is 6. The highest BCUT2D eigenvalue weighted by Gasteiger charge is 2.21. The lowest BCUT2D eigenvalue weighted by Gasteiger charge is -2.09. The zero-order chi connectivity index (χ0) is 15.0. The van der Waals surface area contributed by atoms with Crippen LogP contribution in [0.3, 0.4) is 0 Å². The van der Waals surface area contributed by atoms with E-state index >= 15 is 0 Å². The fraction of sp³-hybridized carbons (Fsp3) is 0.0769. The van der Waals surface area contributed by atoms with E-state index < -0.39 is 58.7 Å². The predicted octanol–water partition coefficient (Wildman–Crippen LogP) is 2.22. The number of benzene rings is 2. The van der Waals surface area contributed by atoms with Gasteiger partial charge in [-0.1, -0.05) is 0 Å². The quantitative estimate of drug-likeness (QED) is 0.587. The standard InChI is InChI=1S/C13H7BF6/c1-5-7(16)4-10(19)12(13(5)20)14-11-8(17)2-6(15)3-9(11)18/h2-4,14H,1H3. The maximum atomic E-state index is 13.8. The first-order valence-electron chi connectivity index (χ1n) is 5.57. The largest absolute Gasteiger partial charge is 0.207 e. The summed E-state index contributed by atoms with van der Waals surface area (Å²) < 4.78 is 80.0. The first kappa shape index (κ1) is 14.5. The Kier molecular flexibility index (Phi) is 3.79. The van der Waals surface area contributed by atoms with Gasteiger partial charge in [-0.15, -0.1) is 0 Å². The van der Waals surface area contributed by atoms with Crippen LogP contribution in [0, 0.1) is 41.8 Å². The van der Waals surface area contributed by atoms with Gasteiger partial charge >= 0.3 is 0 Å². The summed E-state index contributed by atoms with van der Waals surface area (Å²) in [4.78, 5) is 0. The van der Waals surface area contributed by atoms with E-state index in [0.29, 0.717) is 18.2 Å². The average molecular weight is 288 g/mol. The summed E-state index contributed by atoms with van der Waals surface area (Å²) >= 11 is 0. The second kappa shape index (κ2) is 5.23. The van der Waals surface area contributed by atoms with Crippen molar-refractivity contribution < 1.29 is 26.3 Å². The summed E-state index contributed by atoms with van der Waals surface area (Å²) in [5, 5.41) is 0. The molecule has 0 aliphatic rings. The minimum atomic E-state index is -1.26. The van der Waals surface area contributed by atoms with Crippen molar-refractivity contribution in [1.82, 2.24) is 0 Å². The average Bonchev–Trinajstić information content (AvgIpc) is 2.34. The van der Waals surface area contributed by atoms with Crippen molar-refractivity contribution in [1.29, 1.82) is 0 Å². The molecule has 0 heterocycles. The van der Waals surface area contributed by atoms with Crippen LogP contribution < -0.4 is 10.9 Å². The van der Waals surface area contributed by atoms with Gasteiger partial charge in [0, 0.05) is 23.8 Å². The molecule has 0 spiro atoms. The monoisotopic (exact) mass is 288 g/mol. The summed E-state index contributed by atoms with van der Waals surface area (Å²) in [5.74, 6) is -7.23. The van der Waals surface area contributed by atoms with Crippen LogP contribution in [-0.4, -0.2) is 7.28 Å². The second-order valence-electron chi connectivity index (χ2n) is 4.28. The van der Waals surface area contributed by atoms with Gasteiger partial charge in [0.1, 0.15) is 34.9 Å². The molecule has 0 N–H and O–H groups in total. The lowest BCUT2D eigenvalue weighted by atomic mass is 9.62. The Balaban J connectivity index is 2.54. The van der Waals surface area contributed by atoms with E-state index in [1.807, 2.05) is 0 Å². The summed E-state index contributed by atoms with van der Waals surface area (Å²) in [5.41, 5.74) is -1.81. The molecule has 0 aliphatic heterocycles. The molecule has 0 amide bonds. The maximum Gasteiger partial charge on any atom is 0.207 e. The Labute approximate surface area is 111 Å². The molecule has 7 heteroatoms. The number of hydrogen-bond donors (Lipinski definition) is 0. The SMILES string of the molecule is Cc1c(F)cc(F)c(Bc2c(F)cc(F)cc2F)c1F. The molecule has 0 radical (unpaired) electrons. The minimum absolute atomic E-state index is 0.407. The normalized spacial score (nSPS) is 10.8. The Morgan fingerprint density at radius 3 is 1.75 bits per heavy atom. The van der Waals surface area contributed by atoms with Crippen LogP contribution in [0.1, 0.15) is 5.56 Å². The van der Waals surface area contributed by atoms with Crippen molar-refractivity contribution in [2.75, 3.05) is 0 Å². The van der Waals surface area contributed by atoms with E-state index in [2.05, 4.69) is 0 Å². The molecular weight excluding hydrogens is 281 g/mol. The Bertz CT molecular complexity index is 660. The Hall–Kier alpha value is -1.92. The second-order valence-corrected chi connectivity index (χ2v) is 4.28. The maximum absolute atomic E-state index is 13.8. The summed E-state index contributed by atoms with van der Waals surface area (Å²) in [7, 11) is -0.781. The van der Waals surface area contributed by atoms with E-state index in [1.165, 1.54) is 0 Å². The van der Waals surface area contributed by atoms with E-state index in [1.54, 1.807) is 0 Å². The zero-order valence-corrected chi connectivity index (χ0v) is 10.2. The number of rotatable bonds is 2. The lowest BCUT2D eigenvalue weighted by molar-refractivity contribution is 0.542. The van der Waals surface area contributed by atoms with Gasteiger partial charge in [0.2, 0.25) is 7.28 Å². The van der Waals surface area contributed by atoms with Crippen molar-refractivity contribution in [3.63, 3.8) is 0 Å². The van der Waals surface area contributed by atoms with Gasteiger partial charge in [0.15, 0.2) is 0 Å². The van der Waals surface area contributed by atoms with Gasteiger partial charge in [-0.25, -0.2) is 26.3 Å². The fourth-order valence-corrected chi connectivity index (χ4v) is 1.82. The van der Waals surface area contributed by atoms with Crippen molar-refractivity contribution in [2.24, 2.45) is 0 Å². The van der Waals surface area contributed by atoms with Gasteiger partial charge in [-0.05, 0) is 17.8 Å². The third-order valence-corrected chi connectivity index (χ3v) is 2.95. The molecule has 2 aromatic rings. The predicted molar refractivity (Wildman–Crippen MR) is 63.8 cm³/mol. The highest BCUT2D eigenvalue weighted by Crippen LogP contribution is 2.12. The van der Waals surface area contributed by atoms with Crippen molar-refractivity contribution in [3.8, 4) is 0 Å². The van der Waals surface area contributed by atoms with Crippen LogP contribution in [0.15, 0.2) is 18.2 Å². The van der Waals surface area contributed by atoms with Crippen LogP contribution in [0.5, 0.6) is 0 Å². The first-order chi connectivity index (χ1) is 9.31. The van der Waals surface area contributed by atoms with E-state index in [0.717, 1.165) is 6.92 Å². The van der Waals surface area contributed by atoms with E-state index in [9.17, 15) is 26.3 Å². The van der Waals surface area contributed by atoms with Crippen molar-refractivity contribution >= 4 is 18.2 Å². The molecular formula is C13H7BF6. The molecule has 2 rings (SSSR count). The topological polar surface area (TPSA) is 0 Å². The summed E-state index contributed by atoms with van der Waals surface area (Å²) in [6.07, 6.45) is 0. The molecule has 0 nitrogen and oxygen atoms in total. The molecule has 0 bridgehead atoms. The molecule has 20 heavy (non-hydrogen) atoms. The van der Waals surface area contributed by atoms with Gasteiger partial charge in [0.05, 0.1) is 0 Å². The molecule has 0 aromatic heterocycles. The third kappa shape index (κ3) is 2.52. The lowest BCUT2D eigenvalue weighted by Crippen LogP contribution is -2.37. The molecule has 0 fully saturated rings. The van der Waals surface area contributed by atoms with E-state index in [-0.39, 0.29) is 0 Å². The molecule has 0 saturated heterocycles. The fourth-order valence-electron chi connectivity index (χ4n) is 1.82. The summed E-state index contributed by atoms with van der Waals surface area (Å²) in [6.45, 7) is 1.07. The van der Waals surface area contributed by atoms with Crippen LogP contribution in [0.25, 0.3) is 0 Å². The summed E-state index contributed by atoms with van der Waals surface area (Å²) in [6, 6.07) is 1.25. The molecule has 0 aliphatic carbocycles. The van der Waals surface area contributed by atoms with Gasteiger partial charge in [-0.2, -0.15) is 0 Å². The van der Waals surface area contributed by atoms with Crippen LogP contribution in [0.4, 0.5) is 26.3 Å². The van der Waals surface area contributed by atoms with Gasteiger partial charge in [-0.3, -0.25) is 0 Å². The highest BCUT2D eigenvalue weighted by molar-refractivity contribution is 6.67. The van der Waals surface area contributed by atoms with Crippen LogP contribution >= 0.6 is 0 Å². The molecule has 2 aromatic carbocycles. The molecule has 0 unspecified atom stereocenters. The first-order valence-corrected chi connectivity index (χ1v) is 5.57. The minimum Gasteiger partial charge on any atom is -0.207 e. The molecule has 0 saturated carbocycles. The van der Waals surface area contributed by atoms with Crippen LogP contribution in [-0.2, 0) is 0 Å². The highest BCUT2D eigenvalue weighted by atomic mass is 19.2. The molecule has 0 atom stereocenters.